The standard InChI is InChI=1S/C18H24N2/c1-4-6-15-7-9-16(10-8-15)18(20-5-2)17-11-14(3)12-19-13-17/h7-13,18,20H,4-6H2,1-3H3. The van der Waals surface area contributed by atoms with Crippen molar-refractivity contribution in [3.8, 4) is 0 Å². The first-order chi connectivity index (χ1) is 9.74. The largest absolute Gasteiger partial charge is 0.306 e. The summed E-state index contributed by atoms with van der Waals surface area (Å²) in [6.45, 7) is 7.38. The first-order valence-corrected chi connectivity index (χ1v) is 7.48. The number of nitrogens with zero attached hydrogens (tertiary/aromatic N) is 1. The zero-order valence-corrected chi connectivity index (χ0v) is 12.7. The third kappa shape index (κ3) is 3.67. The smallest absolute Gasteiger partial charge is 0.0591 e. The molecule has 0 aliphatic heterocycles. The van der Waals surface area contributed by atoms with Gasteiger partial charge in [0.2, 0.25) is 0 Å². The predicted octanol–water partition coefficient (Wildman–Crippen LogP) is 4.04. The van der Waals surface area contributed by atoms with Crippen molar-refractivity contribution in [2.45, 2.75) is 39.7 Å². The molecular formula is C18H24N2. The van der Waals surface area contributed by atoms with Gasteiger partial charge in [-0.05, 0) is 42.1 Å². The van der Waals surface area contributed by atoms with Gasteiger partial charge in [-0.15, -0.1) is 0 Å². The first-order valence-electron chi connectivity index (χ1n) is 7.48. The normalized spacial score (nSPS) is 12.3. The first kappa shape index (κ1) is 14.7. The van der Waals surface area contributed by atoms with Crippen LogP contribution in [-0.4, -0.2) is 11.5 Å². The summed E-state index contributed by atoms with van der Waals surface area (Å²) < 4.78 is 0. The van der Waals surface area contributed by atoms with Crippen LogP contribution in [-0.2, 0) is 6.42 Å². The Bertz CT molecular complexity index is 531. The van der Waals surface area contributed by atoms with Crippen molar-refractivity contribution in [2.75, 3.05) is 6.54 Å². The van der Waals surface area contributed by atoms with E-state index in [-0.39, 0.29) is 6.04 Å². The molecule has 1 N–H and O–H groups in total. The van der Waals surface area contributed by atoms with Gasteiger partial charge in [0.05, 0.1) is 6.04 Å². The molecule has 106 valence electrons. The van der Waals surface area contributed by atoms with Gasteiger partial charge in [-0.1, -0.05) is 50.6 Å². The number of pyridine rings is 1. The zero-order chi connectivity index (χ0) is 14.4. The lowest BCUT2D eigenvalue weighted by Gasteiger charge is -2.19. The second-order valence-corrected chi connectivity index (χ2v) is 5.28. The van der Waals surface area contributed by atoms with E-state index in [1.807, 2.05) is 12.4 Å². The molecule has 1 aromatic carbocycles. The number of rotatable bonds is 6. The molecule has 0 spiro atoms. The lowest BCUT2D eigenvalue weighted by Crippen LogP contribution is -2.22. The van der Waals surface area contributed by atoms with Gasteiger partial charge in [-0.25, -0.2) is 0 Å². The topological polar surface area (TPSA) is 24.9 Å². The van der Waals surface area contributed by atoms with Gasteiger partial charge in [0.25, 0.3) is 0 Å². The number of aromatic nitrogens is 1. The van der Waals surface area contributed by atoms with Crippen LogP contribution in [0.15, 0.2) is 42.7 Å². The molecule has 20 heavy (non-hydrogen) atoms. The van der Waals surface area contributed by atoms with Gasteiger partial charge in [0.15, 0.2) is 0 Å². The molecule has 2 heteroatoms. The van der Waals surface area contributed by atoms with E-state index < -0.39 is 0 Å². The van der Waals surface area contributed by atoms with E-state index in [9.17, 15) is 0 Å². The molecule has 2 rings (SSSR count). The Kier molecular flexibility index (Phi) is 5.31. The molecule has 2 aromatic rings. The minimum atomic E-state index is 0.225. The summed E-state index contributed by atoms with van der Waals surface area (Å²) in [4.78, 5) is 4.32. The van der Waals surface area contributed by atoms with Crippen molar-refractivity contribution < 1.29 is 0 Å². The molecular weight excluding hydrogens is 244 g/mol. The summed E-state index contributed by atoms with van der Waals surface area (Å²) in [5.74, 6) is 0. The van der Waals surface area contributed by atoms with Gasteiger partial charge in [-0.2, -0.15) is 0 Å². The predicted molar refractivity (Wildman–Crippen MR) is 84.9 cm³/mol. The number of hydrogen-bond donors (Lipinski definition) is 1. The van der Waals surface area contributed by atoms with E-state index in [0.29, 0.717) is 0 Å². The highest BCUT2D eigenvalue weighted by molar-refractivity contribution is 5.33. The molecule has 0 aliphatic carbocycles. The average molecular weight is 268 g/mol. The van der Waals surface area contributed by atoms with Crippen molar-refractivity contribution in [1.29, 1.82) is 0 Å². The fourth-order valence-electron chi connectivity index (χ4n) is 2.53. The van der Waals surface area contributed by atoms with Gasteiger partial charge < -0.3 is 5.32 Å². The molecule has 1 atom stereocenters. The van der Waals surface area contributed by atoms with Crippen LogP contribution in [0.1, 0.15) is 48.6 Å². The molecule has 1 aromatic heterocycles. The Balaban J connectivity index is 2.28. The molecule has 0 radical (unpaired) electrons. The number of aryl methyl sites for hydroxylation is 2. The minimum absolute atomic E-state index is 0.225. The maximum atomic E-state index is 4.32. The molecule has 2 nitrogen and oxygen atoms in total. The Hall–Kier alpha value is -1.67. The van der Waals surface area contributed by atoms with Crippen molar-refractivity contribution in [3.05, 3.63) is 65.0 Å². The van der Waals surface area contributed by atoms with E-state index in [2.05, 4.69) is 61.4 Å². The maximum absolute atomic E-state index is 4.32. The van der Waals surface area contributed by atoms with Gasteiger partial charge in [0.1, 0.15) is 0 Å². The van der Waals surface area contributed by atoms with Crippen LogP contribution < -0.4 is 5.32 Å². The van der Waals surface area contributed by atoms with Crippen LogP contribution >= 0.6 is 0 Å². The molecule has 0 amide bonds. The molecule has 1 unspecified atom stereocenters. The Labute approximate surface area is 122 Å². The van der Waals surface area contributed by atoms with Gasteiger partial charge in [0, 0.05) is 12.4 Å². The molecule has 0 bridgehead atoms. The van der Waals surface area contributed by atoms with Crippen LogP contribution in [0.3, 0.4) is 0 Å². The second kappa shape index (κ2) is 7.20. The third-order valence-corrected chi connectivity index (χ3v) is 3.49. The summed E-state index contributed by atoms with van der Waals surface area (Å²) >= 11 is 0. The molecule has 0 fully saturated rings. The third-order valence-electron chi connectivity index (χ3n) is 3.49. The average Bonchev–Trinajstić information content (AvgIpc) is 2.46. The Morgan fingerprint density at radius 1 is 1.05 bits per heavy atom. The van der Waals surface area contributed by atoms with E-state index in [1.165, 1.54) is 28.7 Å². The molecule has 0 saturated heterocycles. The summed E-state index contributed by atoms with van der Waals surface area (Å²) in [7, 11) is 0. The Morgan fingerprint density at radius 3 is 2.40 bits per heavy atom. The second-order valence-electron chi connectivity index (χ2n) is 5.28. The SMILES string of the molecule is CCCc1ccc(C(NCC)c2cncc(C)c2)cc1. The van der Waals surface area contributed by atoms with E-state index in [1.54, 1.807) is 0 Å². The lowest BCUT2D eigenvalue weighted by atomic mass is 9.97. The van der Waals surface area contributed by atoms with Crippen molar-refractivity contribution >= 4 is 0 Å². The zero-order valence-electron chi connectivity index (χ0n) is 12.7. The van der Waals surface area contributed by atoms with Gasteiger partial charge >= 0.3 is 0 Å². The minimum Gasteiger partial charge on any atom is -0.306 e. The van der Waals surface area contributed by atoms with Gasteiger partial charge in [-0.3, -0.25) is 4.98 Å². The Morgan fingerprint density at radius 2 is 1.80 bits per heavy atom. The fraction of sp³-hybridized carbons (Fsp3) is 0.389. The summed E-state index contributed by atoms with van der Waals surface area (Å²) in [6, 6.07) is 11.4. The van der Waals surface area contributed by atoms with Crippen LogP contribution in [0.2, 0.25) is 0 Å². The lowest BCUT2D eigenvalue weighted by molar-refractivity contribution is 0.628. The van der Waals surface area contributed by atoms with Crippen LogP contribution in [0.4, 0.5) is 0 Å². The number of benzene rings is 1. The highest BCUT2D eigenvalue weighted by Crippen LogP contribution is 2.22. The summed E-state index contributed by atoms with van der Waals surface area (Å²) in [5.41, 5.74) is 5.15. The number of nitrogens with one attached hydrogen (secondary N) is 1. The van der Waals surface area contributed by atoms with Crippen LogP contribution in [0.5, 0.6) is 0 Å². The quantitative estimate of drug-likeness (QED) is 0.855. The number of hydrogen-bond acceptors (Lipinski definition) is 2. The van der Waals surface area contributed by atoms with E-state index >= 15 is 0 Å². The van der Waals surface area contributed by atoms with E-state index in [4.69, 9.17) is 0 Å². The summed E-state index contributed by atoms with van der Waals surface area (Å²) in [5, 5.41) is 3.55. The van der Waals surface area contributed by atoms with Crippen molar-refractivity contribution in [2.24, 2.45) is 0 Å². The van der Waals surface area contributed by atoms with E-state index in [0.717, 1.165) is 13.0 Å². The summed E-state index contributed by atoms with van der Waals surface area (Å²) in [6.07, 6.45) is 6.20. The van der Waals surface area contributed by atoms with Crippen molar-refractivity contribution in [1.82, 2.24) is 10.3 Å². The van der Waals surface area contributed by atoms with Crippen LogP contribution in [0.25, 0.3) is 0 Å². The molecule has 0 aliphatic rings. The van der Waals surface area contributed by atoms with Crippen LogP contribution in [0, 0.1) is 6.92 Å². The molecule has 0 saturated carbocycles. The van der Waals surface area contributed by atoms with Crippen molar-refractivity contribution in [3.63, 3.8) is 0 Å². The fourth-order valence-corrected chi connectivity index (χ4v) is 2.53. The maximum Gasteiger partial charge on any atom is 0.0591 e. The monoisotopic (exact) mass is 268 g/mol. The highest BCUT2D eigenvalue weighted by atomic mass is 14.9. The highest BCUT2D eigenvalue weighted by Gasteiger charge is 2.13. The molecule has 1 heterocycles.